The minimum atomic E-state index is 0.0286. The smallest absolute Gasteiger partial charge is 0.224 e. The van der Waals surface area contributed by atoms with Crippen molar-refractivity contribution in [1.82, 2.24) is 4.98 Å². The molecule has 22 heavy (non-hydrogen) atoms. The molecule has 0 radical (unpaired) electrons. The number of hydrogen-bond donors (Lipinski definition) is 2. The molecule has 1 saturated carbocycles. The Kier molecular flexibility index (Phi) is 4.43. The molecule has 118 valence electrons. The fourth-order valence-electron chi connectivity index (χ4n) is 3.14. The first-order valence-corrected chi connectivity index (χ1v) is 8.10. The van der Waals surface area contributed by atoms with Gasteiger partial charge in [-0.05, 0) is 37.0 Å². The first-order valence-electron chi connectivity index (χ1n) is 8.10. The Morgan fingerprint density at radius 1 is 1.41 bits per heavy atom. The molecular weight excluding hydrogens is 278 g/mol. The molecule has 0 bridgehead atoms. The number of aryl methyl sites for hydroxylation is 1. The van der Waals surface area contributed by atoms with Crippen molar-refractivity contribution in [3.8, 4) is 0 Å². The van der Waals surface area contributed by atoms with Crippen LogP contribution in [0.15, 0.2) is 22.6 Å². The molecule has 0 aliphatic heterocycles. The Bertz CT molecular complexity index is 665. The molecule has 5 nitrogen and oxygen atoms in total. The third kappa shape index (κ3) is 3.30. The molecule has 1 aliphatic carbocycles. The number of benzene rings is 1. The minimum Gasteiger partial charge on any atom is -0.441 e. The highest BCUT2D eigenvalue weighted by atomic mass is 16.3. The number of rotatable bonds is 4. The van der Waals surface area contributed by atoms with E-state index < -0.39 is 0 Å². The monoisotopic (exact) mass is 301 g/mol. The van der Waals surface area contributed by atoms with E-state index in [4.69, 9.17) is 10.2 Å². The zero-order valence-corrected chi connectivity index (χ0v) is 13.0. The molecule has 1 aromatic carbocycles. The van der Waals surface area contributed by atoms with Gasteiger partial charge >= 0.3 is 0 Å². The second-order valence-electron chi connectivity index (χ2n) is 6.10. The molecule has 1 fully saturated rings. The van der Waals surface area contributed by atoms with Crippen LogP contribution in [0.3, 0.4) is 0 Å². The fourth-order valence-corrected chi connectivity index (χ4v) is 3.14. The SMILES string of the molecule is CCc1nc2cc(NC(=O)CC3CCCCC3N)ccc2o1. The molecule has 1 heterocycles. The lowest BCUT2D eigenvalue weighted by molar-refractivity contribution is -0.117. The molecule has 1 amide bonds. The quantitative estimate of drug-likeness (QED) is 0.908. The number of fused-ring (bicyclic) bond motifs is 1. The zero-order chi connectivity index (χ0) is 15.5. The summed E-state index contributed by atoms with van der Waals surface area (Å²) in [7, 11) is 0. The van der Waals surface area contributed by atoms with E-state index in [9.17, 15) is 4.79 Å². The summed E-state index contributed by atoms with van der Waals surface area (Å²) < 4.78 is 5.57. The summed E-state index contributed by atoms with van der Waals surface area (Å²) in [4.78, 5) is 16.6. The largest absolute Gasteiger partial charge is 0.441 e. The fraction of sp³-hybridized carbons (Fsp3) is 0.529. The Morgan fingerprint density at radius 2 is 2.23 bits per heavy atom. The predicted octanol–water partition coefficient (Wildman–Crippen LogP) is 3.24. The Balaban J connectivity index is 1.65. The summed E-state index contributed by atoms with van der Waals surface area (Å²) in [5.41, 5.74) is 8.41. The lowest BCUT2D eigenvalue weighted by Crippen LogP contribution is -2.35. The highest BCUT2D eigenvalue weighted by molar-refractivity contribution is 5.92. The highest BCUT2D eigenvalue weighted by Crippen LogP contribution is 2.26. The van der Waals surface area contributed by atoms with Crippen molar-refractivity contribution in [2.24, 2.45) is 11.7 Å². The van der Waals surface area contributed by atoms with E-state index in [2.05, 4.69) is 10.3 Å². The minimum absolute atomic E-state index is 0.0286. The number of nitrogens with zero attached hydrogens (tertiary/aromatic N) is 1. The maximum Gasteiger partial charge on any atom is 0.224 e. The summed E-state index contributed by atoms with van der Waals surface area (Å²) >= 11 is 0. The van der Waals surface area contributed by atoms with Crippen LogP contribution in [0, 0.1) is 5.92 Å². The number of oxazole rings is 1. The Morgan fingerprint density at radius 3 is 3.00 bits per heavy atom. The lowest BCUT2D eigenvalue weighted by Gasteiger charge is -2.27. The standard InChI is InChI=1S/C17H23N3O2/c1-2-17-20-14-10-12(7-8-15(14)22-17)19-16(21)9-11-5-3-4-6-13(11)18/h7-8,10-11,13H,2-6,9,18H2,1H3,(H,19,21). The van der Waals surface area contributed by atoms with Crippen LogP contribution in [0.5, 0.6) is 0 Å². The average molecular weight is 301 g/mol. The number of nitrogens with one attached hydrogen (secondary N) is 1. The van der Waals surface area contributed by atoms with Gasteiger partial charge < -0.3 is 15.5 Å². The number of carbonyl (C=O) groups is 1. The van der Waals surface area contributed by atoms with Crippen molar-refractivity contribution >= 4 is 22.7 Å². The van der Waals surface area contributed by atoms with E-state index in [1.807, 2.05) is 25.1 Å². The molecule has 2 aromatic rings. The molecule has 1 aromatic heterocycles. The van der Waals surface area contributed by atoms with E-state index in [0.29, 0.717) is 18.2 Å². The van der Waals surface area contributed by atoms with Crippen molar-refractivity contribution in [1.29, 1.82) is 0 Å². The van der Waals surface area contributed by atoms with Gasteiger partial charge in [0.15, 0.2) is 11.5 Å². The van der Waals surface area contributed by atoms with Gasteiger partial charge in [-0.2, -0.15) is 0 Å². The molecule has 1 aliphatic rings. The van der Waals surface area contributed by atoms with Gasteiger partial charge in [0.2, 0.25) is 5.91 Å². The molecule has 2 unspecified atom stereocenters. The number of amides is 1. The van der Waals surface area contributed by atoms with Crippen LogP contribution in [0.1, 0.15) is 44.9 Å². The van der Waals surface area contributed by atoms with Crippen molar-refractivity contribution < 1.29 is 9.21 Å². The summed E-state index contributed by atoms with van der Waals surface area (Å²) in [5, 5.41) is 2.95. The van der Waals surface area contributed by atoms with Crippen LogP contribution in [0.25, 0.3) is 11.1 Å². The number of aromatic nitrogens is 1. The lowest BCUT2D eigenvalue weighted by atomic mass is 9.83. The van der Waals surface area contributed by atoms with Crippen molar-refractivity contribution in [3.63, 3.8) is 0 Å². The molecule has 3 N–H and O–H groups in total. The molecular formula is C17H23N3O2. The second kappa shape index (κ2) is 6.48. The van der Waals surface area contributed by atoms with Gasteiger partial charge in [-0.25, -0.2) is 4.98 Å². The maximum atomic E-state index is 12.2. The number of nitrogens with two attached hydrogens (primary N) is 1. The zero-order valence-electron chi connectivity index (χ0n) is 13.0. The van der Waals surface area contributed by atoms with Gasteiger partial charge in [-0.1, -0.05) is 19.8 Å². The van der Waals surface area contributed by atoms with Crippen LogP contribution in [0.4, 0.5) is 5.69 Å². The number of carbonyl (C=O) groups excluding carboxylic acids is 1. The van der Waals surface area contributed by atoms with Gasteiger partial charge in [0.05, 0.1) is 0 Å². The molecule has 0 saturated heterocycles. The normalized spacial score (nSPS) is 21.9. The highest BCUT2D eigenvalue weighted by Gasteiger charge is 2.24. The van der Waals surface area contributed by atoms with Crippen LogP contribution in [-0.4, -0.2) is 16.9 Å². The number of hydrogen-bond acceptors (Lipinski definition) is 4. The third-order valence-corrected chi connectivity index (χ3v) is 4.43. The third-order valence-electron chi connectivity index (χ3n) is 4.43. The summed E-state index contributed by atoms with van der Waals surface area (Å²) in [6.45, 7) is 2.00. The van der Waals surface area contributed by atoms with Gasteiger partial charge in [0.25, 0.3) is 0 Å². The second-order valence-corrected chi connectivity index (χ2v) is 6.10. The van der Waals surface area contributed by atoms with Crippen LogP contribution >= 0.6 is 0 Å². The Hall–Kier alpha value is -1.88. The van der Waals surface area contributed by atoms with Gasteiger partial charge in [-0.3, -0.25) is 4.79 Å². The first kappa shape index (κ1) is 15.0. The first-order chi connectivity index (χ1) is 10.7. The van der Waals surface area contributed by atoms with Crippen molar-refractivity contribution in [3.05, 3.63) is 24.1 Å². The van der Waals surface area contributed by atoms with Crippen LogP contribution < -0.4 is 11.1 Å². The average Bonchev–Trinajstić information content (AvgIpc) is 2.92. The van der Waals surface area contributed by atoms with Gasteiger partial charge in [0.1, 0.15) is 5.52 Å². The number of anilines is 1. The molecule has 2 atom stereocenters. The predicted molar refractivity (Wildman–Crippen MR) is 86.6 cm³/mol. The molecule has 3 rings (SSSR count). The van der Waals surface area contributed by atoms with E-state index in [1.54, 1.807) is 0 Å². The molecule has 0 spiro atoms. The van der Waals surface area contributed by atoms with E-state index in [1.165, 1.54) is 12.8 Å². The van der Waals surface area contributed by atoms with Gasteiger partial charge in [0, 0.05) is 24.6 Å². The summed E-state index contributed by atoms with van der Waals surface area (Å²) in [6.07, 6.45) is 5.70. The van der Waals surface area contributed by atoms with Crippen molar-refractivity contribution in [2.45, 2.75) is 51.5 Å². The van der Waals surface area contributed by atoms with Crippen molar-refractivity contribution in [2.75, 3.05) is 5.32 Å². The van der Waals surface area contributed by atoms with Crippen LogP contribution in [0.2, 0.25) is 0 Å². The Labute approximate surface area is 130 Å². The maximum absolute atomic E-state index is 12.2. The molecule has 5 heteroatoms. The summed E-state index contributed by atoms with van der Waals surface area (Å²) in [6, 6.07) is 5.72. The van der Waals surface area contributed by atoms with Crippen LogP contribution in [-0.2, 0) is 11.2 Å². The topological polar surface area (TPSA) is 81.2 Å². The van der Waals surface area contributed by atoms with E-state index >= 15 is 0 Å². The summed E-state index contributed by atoms with van der Waals surface area (Å²) in [5.74, 6) is 1.05. The van der Waals surface area contributed by atoms with E-state index in [0.717, 1.165) is 36.0 Å². The van der Waals surface area contributed by atoms with Gasteiger partial charge in [-0.15, -0.1) is 0 Å². The van der Waals surface area contributed by atoms with E-state index in [-0.39, 0.29) is 11.9 Å².